The van der Waals surface area contributed by atoms with Gasteiger partial charge in [0.2, 0.25) is 0 Å². The predicted octanol–water partition coefficient (Wildman–Crippen LogP) is 4.37. The third-order valence-corrected chi connectivity index (χ3v) is 5.42. The fourth-order valence-corrected chi connectivity index (χ4v) is 3.91. The highest BCUT2D eigenvalue weighted by molar-refractivity contribution is 6.30. The Morgan fingerprint density at radius 2 is 2.04 bits per heavy atom. The summed E-state index contributed by atoms with van der Waals surface area (Å²) in [4.78, 5) is 4.83. The van der Waals surface area contributed by atoms with Crippen LogP contribution in [0.5, 0.6) is 0 Å². The van der Waals surface area contributed by atoms with Gasteiger partial charge in [-0.3, -0.25) is 0 Å². The Morgan fingerprint density at radius 3 is 2.78 bits per heavy atom. The molecule has 142 valence electrons. The molecule has 1 saturated carbocycles. The maximum absolute atomic E-state index is 6.16. The average molecular weight is 385 g/mol. The van der Waals surface area contributed by atoms with E-state index in [-0.39, 0.29) is 0 Å². The van der Waals surface area contributed by atoms with E-state index in [1.165, 1.54) is 0 Å². The minimum atomic E-state index is 0.332. The van der Waals surface area contributed by atoms with Crippen LogP contribution in [0.15, 0.2) is 36.5 Å². The second kappa shape index (κ2) is 7.74. The van der Waals surface area contributed by atoms with Crippen molar-refractivity contribution in [2.75, 3.05) is 10.6 Å². The third kappa shape index (κ3) is 3.87. The van der Waals surface area contributed by atoms with Crippen molar-refractivity contribution in [3.8, 4) is 0 Å². The number of aromatic nitrogens is 3. The Labute approximate surface area is 164 Å². The number of nitrogens with two attached hydrogens (primary N) is 1. The summed E-state index contributed by atoms with van der Waals surface area (Å²) in [6.45, 7) is 2.14. The summed E-state index contributed by atoms with van der Waals surface area (Å²) < 4.78 is 1.85. The van der Waals surface area contributed by atoms with Crippen molar-refractivity contribution in [3.63, 3.8) is 0 Å². The molecular weight excluding hydrogens is 360 g/mol. The van der Waals surface area contributed by atoms with Gasteiger partial charge in [0.25, 0.3) is 0 Å². The molecule has 3 aromatic rings. The Hall–Kier alpha value is -2.31. The minimum absolute atomic E-state index is 0.332. The summed E-state index contributed by atoms with van der Waals surface area (Å²) >= 11 is 6.16. The van der Waals surface area contributed by atoms with Gasteiger partial charge in [0, 0.05) is 34.4 Å². The predicted molar refractivity (Wildman–Crippen MR) is 111 cm³/mol. The van der Waals surface area contributed by atoms with Crippen LogP contribution in [0.1, 0.15) is 38.2 Å². The molecule has 2 heterocycles. The highest BCUT2D eigenvalue weighted by Gasteiger charge is 2.22. The zero-order valence-electron chi connectivity index (χ0n) is 15.5. The SMILES string of the molecule is CCc1c(NC2CCC(N)CC2)nc2ccnn2c1Nc1cccc(Cl)c1. The van der Waals surface area contributed by atoms with Gasteiger partial charge in [-0.2, -0.15) is 9.61 Å². The smallest absolute Gasteiger partial charge is 0.159 e. The van der Waals surface area contributed by atoms with Gasteiger partial charge >= 0.3 is 0 Å². The Kier molecular flexibility index (Phi) is 5.18. The van der Waals surface area contributed by atoms with Crippen molar-refractivity contribution < 1.29 is 0 Å². The molecule has 0 atom stereocenters. The van der Waals surface area contributed by atoms with Gasteiger partial charge < -0.3 is 16.4 Å². The maximum Gasteiger partial charge on any atom is 0.159 e. The molecular formula is C20H25ClN6. The molecule has 7 heteroatoms. The summed E-state index contributed by atoms with van der Waals surface area (Å²) in [6, 6.07) is 10.4. The van der Waals surface area contributed by atoms with E-state index >= 15 is 0 Å². The number of hydrogen-bond donors (Lipinski definition) is 3. The van der Waals surface area contributed by atoms with Crippen molar-refractivity contribution >= 4 is 34.6 Å². The molecule has 4 N–H and O–H groups in total. The van der Waals surface area contributed by atoms with Crippen LogP contribution in [0.4, 0.5) is 17.3 Å². The minimum Gasteiger partial charge on any atom is -0.367 e. The molecule has 1 aliphatic rings. The van der Waals surface area contributed by atoms with E-state index in [4.69, 9.17) is 22.3 Å². The van der Waals surface area contributed by atoms with Crippen molar-refractivity contribution in [1.29, 1.82) is 0 Å². The lowest BCUT2D eigenvalue weighted by molar-refractivity contribution is 0.410. The fourth-order valence-electron chi connectivity index (χ4n) is 3.72. The molecule has 0 bridgehead atoms. The molecule has 6 nitrogen and oxygen atoms in total. The van der Waals surface area contributed by atoms with E-state index in [1.54, 1.807) is 6.20 Å². The lowest BCUT2D eigenvalue weighted by Crippen LogP contribution is -2.33. The van der Waals surface area contributed by atoms with Gasteiger partial charge in [0.05, 0.1) is 6.20 Å². The molecule has 0 spiro atoms. The van der Waals surface area contributed by atoms with Crippen LogP contribution in [-0.4, -0.2) is 26.7 Å². The van der Waals surface area contributed by atoms with Gasteiger partial charge in [0.1, 0.15) is 11.6 Å². The van der Waals surface area contributed by atoms with Crippen LogP contribution >= 0.6 is 11.6 Å². The summed E-state index contributed by atoms with van der Waals surface area (Å²) in [5.74, 6) is 1.85. The molecule has 0 aliphatic heterocycles. The second-order valence-corrected chi connectivity index (χ2v) is 7.57. The average Bonchev–Trinajstić information content (AvgIpc) is 3.12. The Bertz CT molecular complexity index is 929. The van der Waals surface area contributed by atoms with Crippen LogP contribution in [-0.2, 0) is 6.42 Å². The molecule has 1 fully saturated rings. The molecule has 0 unspecified atom stereocenters. The molecule has 4 rings (SSSR count). The van der Waals surface area contributed by atoms with E-state index < -0.39 is 0 Å². The number of hydrogen-bond acceptors (Lipinski definition) is 5. The van der Waals surface area contributed by atoms with E-state index in [1.807, 2.05) is 34.8 Å². The highest BCUT2D eigenvalue weighted by Crippen LogP contribution is 2.30. The maximum atomic E-state index is 6.16. The Morgan fingerprint density at radius 1 is 1.22 bits per heavy atom. The standard InChI is InChI=1S/C20H25ClN6/c1-2-17-19(24-15-8-6-14(22)7-9-15)26-18-10-11-23-27(18)20(17)25-16-5-3-4-13(21)12-16/h3-5,10-12,14-15,25H,2,6-9,22H2,1H3,(H,24,26). The number of benzene rings is 1. The van der Waals surface area contributed by atoms with Gasteiger partial charge in [0.15, 0.2) is 5.65 Å². The first-order chi connectivity index (χ1) is 13.1. The van der Waals surface area contributed by atoms with Gasteiger partial charge in [-0.15, -0.1) is 0 Å². The number of anilines is 3. The summed E-state index contributed by atoms with van der Waals surface area (Å²) in [6.07, 6.45) is 6.87. The Balaban J connectivity index is 1.71. The quantitative estimate of drug-likeness (QED) is 0.608. The van der Waals surface area contributed by atoms with Crippen molar-refractivity contribution in [2.24, 2.45) is 5.73 Å². The van der Waals surface area contributed by atoms with Crippen molar-refractivity contribution in [1.82, 2.24) is 14.6 Å². The molecule has 0 amide bonds. The molecule has 1 aliphatic carbocycles. The van der Waals surface area contributed by atoms with Crippen molar-refractivity contribution in [3.05, 3.63) is 47.1 Å². The van der Waals surface area contributed by atoms with E-state index in [0.717, 1.165) is 60.6 Å². The zero-order chi connectivity index (χ0) is 18.8. The lowest BCUT2D eigenvalue weighted by Gasteiger charge is -2.28. The van der Waals surface area contributed by atoms with Crippen LogP contribution in [0.2, 0.25) is 5.02 Å². The number of halogens is 1. The first kappa shape index (κ1) is 18.1. The number of rotatable bonds is 5. The summed E-state index contributed by atoms with van der Waals surface area (Å²) in [7, 11) is 0. The normalized spacial score (nSPS) is 20.0. The highest BCUT2D eigenvalue weighted by atomic mass is 35.5. The van der Waals surface area contributed by atoms with Crippen LogP contribution < -0.4 is 16.4 Å². The molecule has 0 saturated heterocycles. The monoisotopic (exact) mass is 384 g/mol. The first-order valence-electron chi connectivity index (χ1n) is 9.55. The molecule has 27 heavy (non-hydrogen) atoms. The van der Waals surface area contributed by atoms with Crippen LogP contribution in [0.25, 0.3) is 5.65 Å². The number of nitrogens with one attached hydrogen (secondary N) is 2. The van der Waals surface area contributed by atoms with Gasteiger partial charge in [-0.25, -0.2) is 4.98 Å². The van der Waals surface area contributed by atoms with Crippen molar-refractivity contribution in [2.45, 2.75) is 51.1 Å². The third-order valence-electron chi connectivity index (χ3n) is 5.19. The topological polar surface area (TPSA) is 80.3 Å². The zero-order valence-corrected chi connectivity index (χ0v) is 16.2. The molecule has 0 radical (unpaired) electrons. The number of fused-ring (bicyclic) bond motifs is 1. The fraction of sp³-hybridized carbons (Fsp3) is 0.400. The first-order valence-corrected chi connectivity index (χ1v) is 9.93. The van der Waals surface area contributed by atoms with E-state index in [2.05, 4.69) is 22.7 Å². The van der Waals surface area contributed by atoms with E-state index in [9.17, 15) is 0 Å². The summed E-state index contributed by atoms with van der Waals surface area (Å²) in [5.41, 5.74) is 8.90. The van der Waals surface area contributed by atoms with E-state index in [0.29, 0.717) is 17.1 Å². The lowest BCUT2D eigenvalue weighted by atomic mass is 9.92. The number of nitrogens with zero attached hydrogens (tertiary/aromatic N) is 3. The second-order valence-electron chi connectivity index (χ2n) is 7.13. The largest absolute Gasteiger partial charge is 0.367 e. The molecule has 1 aromatic carbocycles. The molecule has 2 aromatic heterocycles. The van der Waals surface area contributed by atoms with Crippen LogP contribution in [0, 0.1) is 0 Å². The van der Waals surface area contributed by atoms with Gasteiger partial charge in [-0.05, 0) is 50.3 Å². The van der Waals surface area contributed by atoms with Crippen LogP contribution in [0.3, 0.4) is 0 Å². The van der Waals surface area contributed by atoms with Gasteiger partial charge in [-0.1, -0.05) is 24.6 Å². The summed E-state index contributed by atoms with van der Waals surface area (Å²) in [5, 5.41) is 12.3.